The van der Waals surface area contributed by atoms with Crippen LogP contribution in [0, 0.1) is 6.92 Å². The van der Waals surface area contributed by atoms with Crippen LogP contribution in [0.2, 0.25) is 0 Å². The van der Waals surface area contributed by atoms with Crippen LogP contribution in [0.5, 0.6) is 5.75 Å². The van der Waals surface area contributed by atoms with Crippen LogP contribution in [0.4, 0.5) is 5.69 Å². The minimum Gasteiger partial charge on any atom is -0.497 e. The molecular formula is C26H26N4O2. The molecule has 0 unspecified atom stereocenters. The van der Waals surface area contributed by atoms with Crippen molar-refractivity contribution in [1.82, 2.24) is 15.0 Å². The maximum Gasteiger partial charge on any atom is 0.248 e. The van der Waals surface area contributed by atoms with Gasteiger partial charge in [0.05, 0.1) is 12.8 Å². The van der Waals surface area contributed by atoms with Gasteiger partial charge in [-0.2, -0.15) is 4.80 Å². The van der Waals surface area contributed by atoms with Crippen molar-refractivity contribution >= 4 is 28.7 Å². The van der Waals surface area contributed by atoms with Gasteiger partial charge in [0.15, 0.2) is 0 Å². The van der Waals surface area contributed by atoms with E-state index in [0.717, 1.165) is 28.1 Å². The fourth-order valence-corrected chi connectivity index (χ4v) is 3.37. The van der Waals surface area contributed by atoms with E-state index in [1.54, 1.807) is 18.0 Å². The maximum atomic E-state index is 12.5. The van der Waals surface area contributed by atoms with Gasteiger partial charge in [0.2, 0.25) is 5.91 Å². The molecule has 0 radical (unpaired) electrons. The molecule has 32 heavy (non-hydrogen) atoms. The molecular weight excluding hydrogens is 400 g/mol. The summed E-state index contributed by atoms with van der Waals surface area (Å²) in [4.78, 5) is 14.1. The third kappa shape index (κ3) is 4.70. The van der Waals surface area contributed by atoms with Gasteiger partial charge in [-0.3, -0.25) is 4.79 Å². The number of anilines is 1. The van der Waals surface area contributed by atoms with Crippen molar-refractivity contribution < 1.29 is 9.53 Å². The lowest BCUT2D eigenvalue weighted by Gasteiger charge is -2.06. The predicted octanol–water partition coefficient (Wildman–Crippen LogP) is 5.51. The fraction of sp³-hybridized carbons (Fsp3) is 0.192. The molecule has 0 spiro atoms. The van der Waals surface area contributed by atoms with E-state index >= 15 is 0 Å². The number of carbonyl (C=O) groups excluding carboxylic acids is 1. The highest BCUT2D eigenvalue weighted by Crippen LogP contribution is 2.23. The number of nitrogens with one attached hydrogen (secondary N) is 1. The molecule has 0 bridgehead atoms. The molecule has 4 rings (SSSR count). The van der Waals surface area contributed by atoms with Crippen molar-refractivity contribution in [1.29, 1.82) is 0 Å². The minimum atomic E-state index is -0.192. The standard InChI is InChI=1S/C26H26N4O2/c1-17(2)20-8-5-19(6-9-20)7-14-26(31)27-23-16-25-24(15-18(23)3)28-30(29-25)21-10-12-22(32-4)13-11-21/h5-17H,1-4H3,(H,27,31)/b14-7+. The number of carbonyl (C=O) groups is 1. The van der Waals surface area contributed by atoms with Crippen LogP contribution in [0.25, 0.3) is 22.8 Å². The van der Waals surface area contributed by atoms with Crippen LogP contribution in [0.3, 0.4) is 0 Å². The van der Waals surface area contributed by atoms with Crippen molar-refractivity contribution in [2.75, 3.05) is 12.4 Å². The molecule has 4 aromatic rings. The Labute approximate surface area is 187 Å². The average Bonchev–Trinajstić information content (AvgIpc) is 3.21. The lowest BCUT2D eigenvalue weighted by atomic mass is 10.0. The van der Waals surface area contributed by atoms with E-state index in [2.05, 4.69) is 41.5 Å². The zero-order chi connectivity index (χ0) is 22.7. The van der Waals surface area contributed by atoms with Gasteiger partial charge in [-0.25, -0.2) is 0 Å². The molecule has 3 aromatic carbocycles. The number of hydrogen-bond donors (Lipinski definition) is 1. The number of hydrogen-bond acceptors (Lipinski definition) is 4. The molecule has 0 atom stereocenters. The van der Waals surface area contributed by atoms with Gasteiger partial charge < -0.3 is 10.1 Å². The molecule has 0 aliphatic heterocycles. The summed E-state index contributed by atoms with van der Waals surface area (Å²) in [6.45, 7) is 6.26. The second kappa shape index (κ2) is 9.06. The van der Waals surface area contributed by atoms with Gasteiger partial charge in [0.25, 0.3) is 0 Å². The first-order chi connectivity index (χ1) is 15.4. The summed E-state index contributed by atoms with van der Waals surface area (Å²) in [5.41, 5.74) is 6.19. The first kappa shape index (κ1) is 21.3. The van der Waals surface area contributed by atoms with Crippen LogP contribution in [-0.4, -0.2) is 28.0 Å². The molecule has 0 fully saturated rings. The molecule has 1 N–H and O–H groups in total. The molecule has 1 amide bonds. The van der Waals surface area contributed by atoms with E-state index in [-0.39, 0.29) is 5.91 Å². The summed E-state index contributed by atoms with van der Waals surface area (Å²) < 4.78 is 5.20. The second-order valence-electron chi connectivity index (χ2n) is 7.99. The first-order valence-corrected chi connectivity index (χ1v) is 10.5. The van der Waals surface area contributed by atoms with Crippen LogP contribution < -0.4 is 10.1 Å². The van der Waals surface area contributed by atoms with E-state index in [1.807, 2.05) is 61.5 Å². The van der Waals surface area contributed by atoms with Crippen molar-refractivity contribution in [3.8, 4) is 11.4 Å². The SMILES string of the molecule is COc1ccc(-n2nc3cc(C)c(NC(=O)/C=C/c4ccc(C(C)C)cc4)cc3n2)cc1. The molecule has 6 heteroatoms. The third-order valence-electron chi connectivity index (χ3n) is 5.32. The quantitative estimate of drug-likeness (QED) is 0.413. The Bertz CT molecular complexity index is 1270. The summed E-state index contributed by atoms with van der Waals surface area (Å²) in [7, 11) is 1.63. The molecule has 6 nitrogen and oxygen atoms in total. The van der Waals surface area contributed by atoms with Crippen molar-refractivity contribution in [2.45, 2.75) is 26.7 Å². The van der Waals surface area contributed by atoms with Gasteiger partial charge in [-0.15, -0.1) is 10.2 Å². The Kier molecular flexibility index (Phi) is 6.03. The number of amides is 1. The van der Waals surface area contributed by atoms with Gasteiger partial charge >= 0.3 is 0 Å². The summed E-state index contributed by atoms with van der Waals surface area (Å²) in [6, 6.07) is 19.5. The number of rotatable bonds is 6. The zero-order valence-corrected chi connectivity index (χ0v) is 18.7. The third-order valence-corrected chi connectivity index (χ3v) is 5.32. The maximum absolute atomic E-state index is 12.5. The van der Waals surface area contributed by atoms with Crippen molar-refractivity contribution in [2.24, 2.45) is 0 Å². The highest BCUT2D eigenvalue weighted by molar-refractivity contribution is 6.03. The smallest absolute Gasteiger partial charge is 0.248 e. The molecule has 162 valence electrons. The van der Waals surface area contributed by atoms with Crippen LogP contribution in [0.1, 0.15) is 36.5 Å². The van der Waals surface area contributed by atoms with Gasteiger partial charge in [0.1, 0.15) is 16.8 Å². The van der Waals surface area contributed by atoms with E-state index in [9.17, 15) is 4.79 Å². The number of aromatic nitrogens is 3. The number of ether oxygens (including phenoxy) is 1. The Morgan fingerprint density at radius 1 is 1.00 bits per heavy atom. The Balaban J connectivity index is 1.50. The molecule has 0 saturated heterocycles. The first-order valence-electron chi connectivity index (χ1n) is 10.5. The summed E-state index contributed by atoms with van der Waals surface area (Å²) >= 11 is 0. The number of methoxy groups -OCH3 is 1. The van der Waals surface area contributed by atoms with Crippen molar-refractivity contribution in [3.05, 3.63) is 83.4 Å². The number of nitrogens with zero attached hydrogens (tertiary/aromatic N) is 3. The largest absolute Gasteiger partial charge is 0.497 e. The Morgan fingerprint density at radius 2 is 1.66 bits per heavy atom. The van der Waals surface area contributed by atoms with Gasteiger partial charge in [-0.05, 0) is 72.0 Å². The van der Waals surface area contributed by atoms with E-state index in [1.165, 1.54) is 5.56 Å². The van der Waals surface area contributed by atoms with Gasteiger partial charge in [-0.1, -0.05) is 38.1 Å². The van der Waals surface area contributed by atoms with Gasteiger partial charge in [0, 0.05) is 11.8 Å². The molecule has 0 aliphatic carbocycles. The fourth-order valence-electron chi connectivity index (χ4n) is 3.37. The van der Waals surface area contributed by atoms with Crippen LogP contribution in [0.15, 0.2) is 66.7 Å². The van der Waals surface area contributed by atoms with Crippen molar-refractivity contribution in [3.63, 3.8) is 0 Å². The highest BCUT2D eigenvalue weighted by atomic mass is 16.5. The Morgan fingerprint density at radius 3 is 2.28 bits per heavy atom. The number of aryl methyl sites for hydroxylation is 1. The highest BCUT2D eigenvalue weighted by Gasteiger charge is 2.10. The van der Waals surface area contributed by atoms with E-state index < -0.39 is 0 Å². The summed E-state index contributed by atoms with van der Waals surface area (Å²) in [6.07, 6.45) is 3.36. The number of benzene rings is 3. The van der Waals surface area contributed by atoms with E-state index in [4.69, 9.17) is 4.74 Å². The Hall–Kier alpha value is -3.93. The minimum absolute atomic E-state index is 0.192. The topological polar surface area (TPSA) is 69.0 Å². The normalized spacial score (nSPS) is 11.4. The lowest BCUT2D eigenvalue weighted by molar-refractivity contribution is -0.111. The van der Waals surface area contributed by atoms with E-state index in [0.29, 0.717) is 17.1 Å². The second-order valence-corrected chi connectivity index (χ2v) is 7.99. The summed E-state index contributed by atoms with van der Waals surface area (Å²) in [5.74, 6) is 1.06. The lowest BCUT2D eigenvalue weighted by Crippen LogP contribution is -2.08. The average molecular weight is 427 g/mol. The van der Waals surface area contributed by atoms with Crippen LogP contribution in [-0.2, 0) is 4.79 Å². The molecule has 1 heterocycles. The molecule has 0 aliphatic rings. The summed E-state index contributed by atoms with van der Waals surface area (Å²) in [5, 5.41) is 12.1. The molecule has 0 saturated carbocycles. The number of fused-ring (bicyclic) bond motifs is 1. The molecule has 1 aromatic heterocycles. The predicted molar refractivity (Wildman–Crippen MR) is 128 cm³/mol. The zero-order valence-electron chi connectivity index (χ0n) is 18.7. The monoisotopic (exact) mass is 426 g/mol. The van der Waals surface area contributed by atoms with Crippen LogP contribution >= 0.6 is 0 Å².